The van der Waals surface area contributed by atoms with Crippen molar-refractivity contribution in [3.05, 3.63) is 203 Å². The number of hydrogen-bond donors (Lipinski definition) is 2. The van der Waals surface area contributed by atoms with Gasteiger partial charge in [0.15, 0.2) is 0 Å². The lowest BCUT2D eigenvalue weighted by Gasteiger charge is -2.34. The number of nitrogens with zero attached hydrogens (tertiary/aromatic N) is 1. The highest BCUT2D eigenvalue weighted by Gasteiger charge is 2.47. The van der Waals surface area contributed by atoms with E-state index in [0.29, 0.717) is 0 Å². The van der Waals surface area contributed by atoms with Gasteiger partial charge in [-0.05, 0) is 44.5 Å². The van der Waals surface area contributed by atoms with E-state index in [9.17, 15) is 0 Å². The summed E-state index contributed by atoms with van der Waals surface area (Å²) < 4.78 is 0. The molecule has 1 aliphatic carbocycles. The van der Waals surface area contributed by atoms with Crippen LogP contribution in [0.1, 0.15) is 51.3 Å². The Kier molecular flexibility index (Phi) is 6.24. The Hall–Kier alpha value is -5.25. The standard InChI is InChI=1S/C40H31N3/c1-5-16-28(17-6-1)37-41-38(29-18-7-2-8-19-29)43-39(42-37)33-25-15-27-35-36(33)32-24-13-14-26-34(32)40(35,30-20-9-3-10-21-30)31-22-11-4-12-23-31/h1-27,37-38,41H,(H,42,43). The lowest BCUT2D eigenvalue weighted by atomic mass is 9.67. The van der Waals surface area contributed by atoms with Crippen molar-refractivity contribution in [2.24, 2.45) is 4.99 Å². The third-order valence-corrected chi connectivity index (χ3v) is 8.85. The molecule has 0 spiro atoms. The fourth-order valence-electron chi connectivity index (χ4n) is 7.01. The van der Waals surface area contributed by atoms with Crippen molar-refractivity contribution >= 4 is 5.84 Å². The van der Waals surface area contributed by atoms with E-state index in [0.717, 1.165) is 17.0 Å². The van der Waals surface area contributed by atoms with Gasteiger partial charge in [-0.2, -0.15) is 0 Å². The number of aliphatic imine (C=N–C) groups is 1. The average Bonchev–Trinajstić information content (AvgIpc) is 3.41. The lowest BCUT2D eigenvalue weighted by molar-refractivity contribution is 0.409. The molecule has 2 aliphatic rings. The molecule has 1 heterocycles. The zero-order valence-electron chi connectivity index (χ0n) is 23.7. The molecule has 0 saturated carbocycles. The zero-order valence-corrected chi connectivity index (χ0v) is 23.7. The third kappa shape index (κ3) is 4.12. The molecule has 6 aromatic carbocycles. The van der Waals surface area contributed by atoms with Gasteiger partial charge in [-0.1, -0.05) is 164 Å². The van der Waals surface area contributed by atoms with Gasteiger partial charge < -0.3 is 5.32 Å². The summed E-state index contributed by atoms with van der Waals surface area (Å²) in [7, 11) is 0. The van der Waals surface area contributed by atoms with E-state index >= 15 is 0 Å². The van der Waals surface area contributed by atoms with Crippen LogP contribution in [0.15, 0.2) is 169 Å². The van der Waals surface area contributed by atoms with Crippen LogP contribution in [0.3, 0.4) is 0 Å². The predicted octanol–water partition coefficient (Wildman–Crippen LogP) is 8.39. The third-order valence-electron chi connectivity index (χ3n) is 8.85. The molecule has 3 nitrogen and oxygen atoms in total. The van der Waals surface area contributed by atoms with Crippen LogP contribution in [0, 0.1) is 0 Å². The minimum Gasteiger partial charge on any atom is -0.350 e. The molecule has 206 valence electrons. The van der Waals surface area contributed by atoms with Gasteiger partial charge in [0.1, 0.15) is 18.2 Å². The molecule has 2 atom stereocenters. The van der Waals surface area contributed by atoms with Crippen molar-refractivity contribution < 1.29 is 0 Å². The molecule has 8 rings (SSSR count). The number of rotatable bonds is 5. The molecule has 0 saturated heterocycles. The summed E-state index contributed by atoms with van der Waals surface area (Å²) in [6.45, 7) is 0. The van der Waals surface area contributed by atoms with Gasteiger partial charge in [-0.3, -0.25) is 5.32 Å². The predicted molar refractivity (Wildman–Crippen MR) is 175 cm³/mol. The van der Waals surface area contributed by atoms with Crippen molar-refractivity contribution in [2.75, 3.05) is 0 Å². The Bertz CT molecular complexity index is 1880. The van der Waals surface area contributed by atoms with Crippen molar-refractivity contribution in [1.29, 1.82) is 0 Å². The molecule has 0 radical (unpaired) electrons. The first-order valence-corrected chi connectivity index (χ1v) is 14.9. The van der Waals surface area contributed by atoms with E-state index in [2.05, 4.69) is 174 Å². The summed E-state index contributed by atoms with van der Waals surface area (Å²) in [5, 5.41) is 7.53. The Balaban J connectivity index is 1.38. The molecule has 2 N–H and O–H groups in total. The SMILES string of the molecule is c1ccc(C2N=C(c3cccc4c3-c3ccccc3C4(c3ccccc3)c3ccccc3)NC(c3ccccc3)N2)cc1. The lowest BCUT2D eigenvalue weighted by Crippen LogP contribution is -2.45. The van der Waals surface area contributed by atoms with Crippen LogP contribution in [-0.2, 0) is 5.41 Å². The van der Waals surface area contributed by atoms with Crippen molar-refractivity contribution in [3.8, 4) is 11.1 Å². The van der Waals surface area contributed by atoms with E-state index < -0.39 is 5.41 Å². The van der Waals surface area contributed by atoms with E-state index in [4.69, 9.17) is 4.99 Å². The molecule has 3 heteroatoms. The normalized spacial score (nSPS) is 18.2. The fourth-order valence-corrected chi connectivity index (χ4v) is 7.01. The van der Waals surface area contributed by atoms with Gasteiger partial charge >= 0.3 is 0 Å². The largest absolute Gasteiger partial charge is 0.350 e. The maximum absolute atomic E-state index is 5.34. The molecule has 43 heavy (non-hydrogen) atoms. The van der Waals surface area contributed by atoms with Crippen LogP contribution in [0.25, 0.3) is 11.1 Å². The van der Waals surface area contributed by atoms with Crippen molar-refractivity contribution in [2.45, 2.75) is 17.7 Å². The number of amidine groups is 1. The van der Waals surface area contributed by atoms with Gasteiger partial charge in [0.25, 0.3) is 0 Å². The smallest absolute Gasteiger partial charge is 0.132 e. The zero-order chi connectivity index (χ0) is 28.6. The molecular formula is C40H31N3. The van der Waals surface area contributed by atoms with Gasteiger partial charge in [-0.15, -0.1) is 0 Å². The first-order valence-electron chi connectivity index (χ1n) is 14.9. The molecule has 6 aromatic rings. The summed E-state index contributed by atoms with van der Waals surface area (Å²) in [6, 6.07) is 58.6. The minimum atomic E-state index is -0.449. The molecule has 2 unspecified atom stereocenters. The summed E-state index contributed by atoms with van der Waals surface area (Å²) in [6.07, 6.45) is -0.289. The summed E-state index contributed by atoms with van der Waals surface area (Å²) in [5.41, 5.74) is 10.5. The summed E-state index contributed by atoms with van der Waals surface area (Å²) >= 11 is 0. The highest BCUT2D eigenvalue weighted by molar-refractivity contribution is 6.08. The molecule has 0 amide bonds. The van der Waals surface area contributed by atoms with Crippen LogP contribution < -0.4 is 10.6 Å². The number of nitrogens with one attached hydrogen (secondary N) is 2. The maximum atomic E-state index is 5.34. The van der Waals surface area contributed by atoms with Crippen LogP contribution in [0.5, 0.6) is 0 Å². The quantitative estimate of drug-likeness (QED) is 0.225. The van der Waals surface area contributed by atoms with E-state index in [-0.39, 0.29) is 12.3 Å². The maximum Gasteiger partial charge on any atom is 0.132 e. The van der Waals surface area contributed by atoms with Gasteiger partial charge in [0.2, 0.25) is 0 Å². The Labute approximate surface area is 252 Å². The molecular weight excluding hydrogens is 522 g/mol. The first-order chi connectivity index (χ1) is 21.3. The monoisotopic (exact) mass is 553 g/mol. The highest BCUT2D eigenvalue weighted by Crippen LogP contribution is 2.57. The number of hydrogen-bond acceptors (Lipinski definition) is 3. The second-order valence-electron chi connectivity index (χ2n) is 11.2. The molecule has 0 bridgehead atoms. The molecule has 0 aromatic heterocycles. The molecule has 0 fully saturated rings. The number of benzene rings is 6. The topological polar surface area (TPSA) is 36.4 Å². The van der Waals surface area contributed by atoms with Crippen LogP contribution in [0.4, 0.5) is 0 Å². The Morgan fingerprint density at radius 1 is 0.465 bits per heavy atom. The van der Waals surface area contributed by atoms with Gasteiger partial charge in [0, 0.05) is 5.56 Å². The minimum absolute atomic E-state index is 0.0978. The Morgan fingerprint density at radius 3 is 1.63 bits per heavy atom. The van der Waals surface area contributed by atoms with E-state index in [1.807, 2.05) is 0 Å². The van der Waals surface area contributed by atoms with Crippen LogP contribution in [-0.4, -0.2) is 5.84 Å². The van der Waals surface area contributed by atoms with Crippen LogP contribution in [0.2, 0.25) is 0 Å². The van der Waals surface area contributed by atoms with Gasteiger partial charge in [0.05, 0.1) is 5.41 Å². The highest BCUT2D eigenvalue weighted by atomic mass is 15.3. The van der Waals surface area contributed by atoms with E-state index in [1.54, 1.807) is 0 Å². The first kappa shape index (κ1) is 25.5. The number of fused-ring (bicyclic) bond motifs is 3. The van der Waals surface area contributed by atoms with Gasteiger partial charge in [-0.25, -0.2) is 4.99 Å². The fraction of sp³-hybridized carbons (Fsp3) is 0.0750. The second-order valence-corrected chi connectivity index (χ2v) is 11.2. The van der Waals surface area contributed by atoms with Crippen molar-refractivity contribution in [1.82, 2.24) is 10.6 Å². The summed E-state index contributed by atoms with van der Waals surface area (Å²) in [4.78, 5) is 5.34. The van der Waals surface area contributed by atoms with Crippen molar-refractivity contribution in [3.63, 3.8) is 0 Å². The summed E-state index contributed by atoms with van der Waals surface area (Å²) in [5.74, 6) is 0.894. The second kappa shape index (κ2) is 10.5. The Morgan fingerprint density at radius 2 is 0.977 bits per heavy atom. The average molecular weight is 554 g/mol. The van der Waals surface area contributed by atoms with E-state index in [1.165, 1.54) is 38.9 Å². The molecule has 1 aliphatic heterocycles. The van der Waals surface area contributed by atoms with Crippen LogP contribution >= 0.6 is 0 Å².